The zero-order valence-electron chi connectivity index (χ0n) is 13.0. The van der Waals surface area contributed by atoms with E-state index in [4.69, 9.17) is 11.6 Å². The molecule has 1 aromatic rings. The molecule has 0 bridgehead atoms. The molecule has 0 unspecified atom stereocenters. The van der Waals surface area contributed by atoms with Crippen LogP contribution >= 0.6 is 11.6 Å². The minimum absolute atomic E-state index is 0.175. The first-order valence-corrected chi connectivity index (χ1v) is 9.60. The molecule has 0 spiro atoms. The van der Waals surface area contributed by atoms with Crippen molar-refractivity contribution in [1.82, 2.24) is 14.9 Å². The van der Waals surface area contributed by atoms with E-state index in [2.05, 4.69) is 14.9 Å². The zero-order valence-corrected chi connectivity index (χ0v) is 14.5. The van der Waals surface area contributed by atoms with Crippen LogP contribution in [-0.4, -0.2) is 64.9 Å². The number of rotatable bonds is 5. The Labute approximate surface area is 141 Å². The Bertz CT molecular complexity index is 645. The van der Waals surface area contributed by atoms with Gasteiger partial charge in [-0.2, -0.15) is 0 Å². The molecular weight excluding hydrogens is 340 g/mol. The third kappa shape index (κ3) is 5.89. The first-order chi connectivity index (χ1) is 10.8. The van der Waals surface area contributed by atoms with E-state index in [1.165, 1.54) is 0 Å². The summed E-state index contributed by atoms with van der Waals surface area (Å²) in [6, 6.07) is 7.48. The largest absolute Gasteiger partial charge is 0.368 e. The van der Waals surface area contributed by atoms with Crippen LogP contribution in [0.3, 0.4) is 0 Å². The summed E-state index contributed by atoms with van der Waals surface area (Å²) in [5.74, 6) is 0. The van der Waals surface area contributed by atoms with Crippen molar-refractivity contribution in [3.8, 4) is 0 Å². The molecule has 1 heterocycles. The van der Waals surface area contributed by atoms with Crippen molar-refractivity contribution >= 4 is 33.3 Å². The molecule has 1 aliphatic heterocycles. The maximum Gasteiger partial charge on any atom is 0.317 e. The number of carbonyl (C=O) groups excluding carboxylic acids is 1. The third-order valence-corrected chi connectivity index (χ3v) is 4.47. The molecule has 1 fully saturated rings. The van der Waals surface area contributed by atoms with Gasteiger partial charge in [0.1, 0.15) is 0 Å². The first-order valence-electron chi connectivity index (χ1n) is 7.33. The number of benzene rings is 1. The molecule has 2 rings (SSSR count). The van der Waals surface area contributed by atoms with Gasteiger partial charge < -0.3 is 15.1 Å². The summed E-state index contributed by atoms with van der Waals surface area (Å²) in [4.78, 5) is 15.9. The van der Waals surface area contributed by atoms with Crippen molar-refractivity contribution in [2.75, 3.05) is 50.4 Å². The lowest BCUT2D eigenvalue weighted by Gasteiger charge is -2.36. The molecule has 128 valence electrons. The molecule has 23 heavy (non-hydrogen) atoms. The lowest BCUT2D eigenvalue weighted by Crippen LogP contribution is -2.52. The van der Waals surface area contributed by atoms with Crippen molar-refractivity contribution in [1.29, 1.82) is 0 Å². The van der Waals surface area contributed by atoms with E-state index < -0.39 is 10.0 Å². The van der Waals surface area contributed by atoms with Gasteiger partial charge in [-0.1, -0.05) is 17.7 Å². The molecule has 0 radical (unpaired) electrons. The van der Waals surface area contributed by atoms with Gasteiger partial charge in [0.2, 0.25) is 10.0 Å². The highest BCUT2D eigenvalue weighted by Gasteiger charge is 2.21. The molecule has 7 nitrogen and oxygen atoms in total. The van der Waals surface area contributed by atoms with Gasteiger partial charge in [0.05, 0.1) is 6.26 Å². The second-order valence-corrected chi connectivity index (χ2v) is 7.62. The number of anilines is 1. The van der Waals surface area contributed by atoms with Gasteiger partial charge in [-0.3, -0.25) is 0 Å². The van der Waals surface area contributed by atoms with Crippen molar-refractivity contribution in [3.63, 3.8) is 0 Å². The quantitative estimate of drug-likeness (QED) is 0.758. The lowest BCUT2D eigenvalue weighted by molar-refractivity contribution is 0.194. The molecule has 0 aliphatic carbocycles. The molecule has 2 amide bonds. The van der Waals surface area contributed by atoms with Gasteiger partial charge in [0.25, 0.3) is 0 Å². The van der Waals surface area contributed by atoms with Crippen LogP contribution < -0.4 is 14.9 Å². The second-order valence-electron chi connectivity index (χ2n) is 5.35. The number of nitrogens with zero attached hydrogens (tertiary/aromatic N) is 2. The molecule has 1 saturated heterocycles. The molecule has 0 atom stereocenters. The fourth-order valence-electron chi connectivity index (χ4n) is 2.36. The van der Waals surface area contributed by atoms with Crippen LogP contribution in [0.2, 0.25) is 5.02 Å². The average molecular weight is 361 g/mol. The summed E-state index contributed by atoms with van der Waals surface area (Å²) in [5, 5.41) is 3.40. The smallest absolute Gasteiger partial charge is 0.317 e. The van der Waals surface area contributed by atoms with Crippen molar-refractivity contribution in [3.05, 3.63) is 29.3 Å². The summed E-state index contributed by atoms with van der Waals surface area (Å²) < 4.78 is 24.2. The van der Waals surface area contributed by atoms with Crippen LogP contribution in [0.25, 0.3) is 0 Å². The summed E-state index contributed by atoms with van der Waals surface area (Å²) in [6.45, 7) is 3.13. The summed E-state index contributed by atoms with van der Waals surface area (Å²) in [7, 11) is -3.22. The number of amides is 2. The Kier molecular flexibility index (Phi) is 6.09. The summed E-state index contributed by atoms with van der Waals surface area (Å²) in [5.41, 5.74) is 1.05. The van der Waals surface area contributed by atoms with E-state index in [1.807, 2.05) is 24.3 Å². The van der Waals surface area contributed by atoms with Gasteiger partial charge in [-0.05, 0) is 18.2 Å². The van der Waals surface area contributed by atoms with Crippen molar-refractivity contribution < 1.29 is 13.2 Å². The van der Waals surface area contributed by atoms with Gasteiger partial charge in [0, 0.05) is 50.0 Å². The number of hydrogen-bond donors (Lipinski definition) is 2. The van der Waals surface area contributed by atoms with Gasteiger partial charge in [-0.15, -0.1) is 0 Å². The van der Waals surface area contributed by atoms with Crippen LogP contribution in [-0.2, 0) is 10.0 Å². The Morgan fingerprint density at radius 1 is 1.22 bits per heavy atom. The molecule has 1 aliphatic rings. The second kappa shape index (κ2) is 7.85. The van der Waals surface area contributed by atoms with Crippen molar-refractivity contribution in [2.45, 2.75) is 0 Å². The molecule has 0 saturated carbocycles. The molecule has 1 aromatic carbocycles. The fourth-order valence-corrected chi connectivity index (χ4v) is 3.02. The highest BCUT2D eigenvalue weighted by atomic mass is 35.5. The number of hydrogen-bond acceptors (Lipinski definition) is 4. The Balaban J connectivity index is 1.74. The van der Waals surface area contributed by atoms with Gasteiger partial charge >= 0.3 is 6.03 Å². The Morgan fingerprint density at radius 2 is 1.91 bits per heavy atom. The highest BCUT2D eigenvalue weighted by Crippen LogP contribution is 2.20. The van der Waals surface area contributed by atoms with Gasteiger partial charge in [-0.25, -0.2) is 17.9 Å². The lowest BCUT2D eigenvalue weighted by atomic mass is 10.2. The Hall–Kier alpha value is -1.51. The predicted octanol–water partition coefficient (Wildman–Crippen LogP) is 0.721. The fraction of sp³-hybridized carbons (Fsp3) is 0.500. The van der Waals surface area contributed by atoms with E-state index in [9.17, 15) is 13.2 Å². The molecule has 0 aromatic heterocycles. The van der Waals surface area contributed by atoms with E-state index in [1.54, 1.807) is 4.90 Å². The molecular formula is C14H21ClN4O3S. The maximum atomic E-state index is 12.0. The maximum absolute atomic E-state index is 12.0. The first kappa shape index (κ1) is 17.8. The minimum Gasteiger partial charge on any atom is -0.368 e. The van der Waals surface area contributed by atoms with E-state index in [0.717, 1.165) is 25.0 Å². The topological polar surface area (TPSA) is 81.8 Å². The van der Waals surface area contributed by atoms with Crippen LogP contribution in [0, 0.1) is 0 Å². The normalized spacial score (nSPS) is 15.6. The van der Waals surface area contributed by atoms with Crippen molar-refractivity contribution in [2.24, 2.45) is 0 Å². The molecule has 9 heteroatoms. The standard InChI is InChI=1S/C14H21ClN4O3S/c1-23(21,22)17-6-5-16-14(20)19-9-7-18(8-10-19)13-4-2-3-12(15)11-13/h2-4,11,17H,5-10H2,1H3,(H,16,20). The van der Waals surface area contributed by atoms with E-state index >= 15 is 0 Å². The zero-order chi connectivity index (χ0) is 16.9. The number of nitrogens with one attached hydrogen (secondary N) is 2. The van der Waals surface area contributed by atoms with Crippen LogP contribution in [0.15, 0.2) is 24.3 Å². The predicted molar refractivity (Wildman–Crippen MR) is 91.5 cm³/mol. The van der Waals surface area contributed by atoms with Crippen LogP contribution in [0.1, 0.15) is 0 Å². The van der Waals surface area contributed by atoms with Crippen LogP contribution in [0.4, 0.5) is 10.5 Å². The number of halogens is 1. The van der Waals surface area contributed by atoms with E-state index in [0.29, 0.717) is 18.1 Å². The SMILES string of the molecule is CS(=O)(=O)NCCNC(=O)N1CCN(c2cccc(Cl)c2)CC1. The Morgan fingerprint density at radius 3 is 2.52 bits per heavy atom. The number of urea groups is 1. The third-order valence-electron chi connectivity index (χ3n) is 3.51. The number of piperazine rings is 1. The van der Waals surface area contributed by atoms with Gasteiger partial charge in [0.15, 0.2) is 0 Å². The summed E-state index contributed by atoms with van der Waals surface area (Å²) >= 11 is 6.00. The highest BCUT2D eigenvalue weighted by molar-refractivity contribution is 7.88. The average Bonchev–Trinajstić information content (AvgIpc) is 2.50. The molecule has 2 N–H and O–H groups in total. The monoisotopic (exact) mass is 360 g/mol. The number of sulfonamides is 1. The number of carbonyl (C=O) groups is 1. The van der Waals surface area contributed by atoms with E-state index in [-0.39, 0.29) is 19.1 Å². The minimum atomic E-state index is -3.22. The van der Waals surface area contributed by atoms with Crippen LogP contribution in [0.5, 0.6) is 0 Å². The summed E-state index contributed by atoms with van der Waals surface area (Å²) in [6.07, 6.45) is 1.09.